The summed E-state index contributed by atoms with van der Waals surface area (Å²) in [5.41, 5.74) is 1.28. The van der Waals surface area contributed by atoms with Crippen LogP contribution in [0.25, 0.3) is 0 Å². The van der Waals surface area contributed by atoms with E-state index in [4.69, 9.17) is 23.7 Å². The molecule has 60 heavy (non-hydrogen) atoms. The number of piperidine rings is 1. The highest BCUT2D eigenvalue weighted by Gasteiger charge is 2.56. The standard InChI is InChI=1S/C47H77FN2O10/c1-13-34-23-29(5)41(48)30(6)24-39(56-11)43-40(57-12)25-32(8)47(55,60-43)44(52)45(53)50-21-15-14-16-36(50)46(54)59-42(28(4)17-20-37(34)51)31(7)22-33-18-19-35(49(9)10)38(26-33)58-27(2)3/h22-23,27-28,30,32-36,38-43,55H,13-21,24-26H2,1-12H3/b29-23+,31-22?. The second-order valence-electron chi connectivity index (χ2n) is 18.9. The van der Waals surface area contributed by atoms with Crippen LogP contribution in [0.2, 0.25) is 0 Å². The molecule has 4 rings (SSSR count). The second kappa shape index (κ2) is 22.2. The van der Waals surface area contributed by atoms with E-state index in [1.807, 2.05) is 34.6 Å². The molecule has 0 aromatic carbocycles. The quantitative estimate of drug-likeness (QED) is 0.157. The third-order valence-electron chi connectivity index (χ3n) is 13.8. The number of carbonyl (C=O) groups is 4. The molecule has 14 atom stereocenters. The van der Waals surface area contributed by atoms with Crippen LogP contribution in [0.15, 0.2) is 23.3 Å². The molecule has 3 heterocycles. The van der Waals surface area contributed by atoms with E-state index in [2.05, 4.69) is 25.1 Å². The highest BCUT2D eigenvalue weighted by molar-refractivity contribution is 6.39. The van der Waals surface area contributed by atoms with E-state index in [-0.39, 0.29) is 68.1 Å². The molecule has 1 amide bonds. The van der Waals surface area contributed by atoms with E-state index in [0.29, 0.717) is 31.3 Å². The monoisotopic (exact) mass is 849 g/mol. The van der Waals surface area contributed by atoms with Crippen LogP contribution in [-0.4, -0.2) is 134 Å². The van der Waals surface area contributed by atoms with Crippen molar-refractivity contribution in [2.45, 2.75) is 187 Å². The van der Waals surface area contributed by atoms with Gasteiger partial charge in [-0.05, 0) is 135 Å². The smallest absolute Gasteiger partial charge is 0.329 e. The summed E-state index contributed by atoms with van der Waals surface area (Å²) in [5.74, 6) is -7.49. The van der Waals surface area contributed by atoms with Gasteiger partial charge in [-0.3, -0.25) is 14.4 Å². The predicted molar refractivity (Wildman–Crippen MR) is 228 cm³/mol. The maximum Gasteiger partial charge on any atom is 0.329 e. The summed E-state index contributed by atoms with van der Waals surface area (Å²) in [7, 11) is 7.09. The molecule has 2 saturated heterocycles. The molecule has 4 aliphatic rings. The van der Waals surface area contributed by atoms with Gasteiger partial charge in [0.1, 0.15) is 30.2 Å². The van der Waals surface area contributed by atoms with Crippen molar-refractivity contribution in [1.29, 1.82) is 0 Å². The Morgan fingerprint density at radius 2 is 1.65 bits per heavy atom. The minimum absolute atomic E-state index is 0.0129. The molecule has 12 nitrogen and oxygen atoms in total. The molecule has 1 N–H and O–H groups in total. The molecule has 3 fully saturated rings. The first-order chi connectivity index (χ1) is 28.3. The number of Topliss-reactive ketones (excluding diaryl/α,β-unsaturated/α-hetero) is 2. The Balaban J connectivity index is 1.75. The summed E-state index contributed by atoms with van der Waals surface area (Å²) in [6, 6.07) is -0.787. The Morgan fingerprint density at radius 3 is 2.27 bits per heavy atom. The third kappa shape index (κ3) is 11.9. The number of aliphatic hydroxyl groups is 1. The number of ketones is 2. The molecular formula is C47H77FN2O10. The Labute approximate surface area is 359 Å². The van der Waals surface area contributed by atoms with E-state index >= 15 is 4.39 Å². The SMILES string of the molecule is CCC1/C=C(\C)C(F)C(C)CC(OC)C2OC(O)(C(=O)C(=O)N3CCCCC3C(=O)OC(C(C)=CC3CCC(N(C)C)C(OC(C)C)C3)C(C)CCC1=O)C(C)CC2OC. The summed E-state index contributed by atoms with van der Waals surface area (Å²) < 4.78 is 46.9. The lowest BCUT2D eigenvalue weighted by Crippen LogP contribution is -2.64. The van der Waals surface area contributed by atoms with Crippen molar-refractivity contribution < 1.29 is 52.4 Å². The number of fused-ring (bicyclic) bond motifs is 3. The number of alkyl halides is 1. The molecular weight excluding hydrogens is 772 g/mol. The lowest BCUT2D eigenvalue weighted by Gasteiger charge is -2.47. The maximum atomic E-state index is 16.3. The number of nitrogens with zero attached hydrogens (tertiary/aromatic N) is 2. The number of hydrogen-bond acceptors (Lipinski definition) is 11. The number of halogens is 1. The highest BCUT2D eigenvalue weighted by atomic mass is 19.1. The third-order valence-corrected chi connectivity index (χ3v) is 13.8. The lowest BCUT2D eigenvalue weighted by atomic mass is 9.81. The Bertz CT molecular complexity index is 1530. The van der Waals surface area contributed by atoms with Crippen LogP contribution in [0.3, 0.4) is 0 Å². The van der Waals surface area contributed by atoms with Crippen LogP contribution in [0.4, 0.5) is 4.39 Å². The maximum absolute atomic E-state index is 16.3. The first kappa shape index (κ1) is 50.1. The Hall–Kier alpha value is -2.55. The second-order valence-corrected chi connectivity index (χ2v) is 18.9. The van der Waals surface area contributed by atoms with Gasteiger partial charge >= 0.3 is 5.97 Å². The number of ether oxygens (including phenoxy) is 5. The number of allylic oxidation sites excluding steroid dienone is 3. The van der Waals surface area contributed by atoms with Crippen molar-refractivity contribution in [1.82, 2.24) is 9.80 Å². The molecule has 0 aromatic heterocycles. The van der Waals surface area contributed by atoms with Gasteiger partial charge in [0.05, 0.1) is 24.4 Å². The summed E-state index contributed by atoms with van der Waals surface area (Å²) in [5, 5.41) is 12.1. The van der Waals surface area contributed by atoms with Gasteiger partial charge < -0.3 is 38.6 Å². The van der Waals surface area contributed by atoms with E-state index in [1.165, 1.54) is 19.1 Å². The molecule has 3 aliphatic heterocycles. The topological polar surface area (TPSA) is 141 Å². The number of methoxy groups -OCH3 is 2. The van der Waals surface area contributed by atoms with E-state index in [1.54, 1.807) is 26.8 Å². The lowest BCUT2D eigenvalue weighted by molar-refractivity contribution is -0.302. The van der Waals surface area contributed by atoms with Crippen molar-refractivity contribution in [3.05, 3.63) is 23.3 Å². The van der Waals surface area contributed by atoms with Crippen LogP contribution in [-0.2, 0) is 42.9 Å². The van der Waals surface area contributed by atoms with Gasteiger partial charge in [-0.2, -0.15) is 0 Å². The Kier molecular flexibility index (Phi) is 18.5. The van der Waals surface area contributed by atoms with Crippen molar-refractivity contribution in [3.8, 4) is 0 Å². The van der Waals surface area contributed by atoms with Gasteiger partial charge in [0.25, 0.3) is 11.7 Å². The summed E-state index contributed by atoms with van der Waals surface area (Å²) in [6.45, 7) is 15.1. The molecule has 13 heteroatoms. The van der Waals surface area contributed by atoms with Crippen LogP contribution in [0.5, 0.6) is 0 Å². The van der Waals surface area contributed by atoms with Gasteiger partial charge in [-0.25, -0.2) is 9.18 Å². The molecule has 0 spiro atoms. The zero-order chi connectivity index (χ0) is 44.6. The van der Waals surface area contributed by atoms with Crippen LogP contribution < -0.4 is 0 Å². The molecule has 1 saturated carbocycles. The van der Waals surface area contributed by atoms with E-state index in [9.17, 15) is 24.3 Å². The van der Waals surface area contributed by atoms with Gasteiger partial charge in [0.15, 0.2) is 0 Å². The first-order valence-corrected chi connectivity index (χ1v) is 22.6. The van der Waals surface area contributed by atoms with Crippen molar-refractivity contribution >= 4 is 23.4 Å². The number of cyclic esters (lactones) is 1. The minimum Gasteiger partial charge on any atom is -0.456 e. The largest absolute Gasteiger partial charge is 0.456 e. The highest BCUT2D eigenvalue weighted by Crippen LogP contribution is 2.40. The molecule has 0 aromatic rings. The van der Waals surface area contributed by atoms with E-state index < -0.39 is 77.8 Å². The molecule has 2 bridgehead atoms. The zero-order valence-electron chi connectivity index (χ0n) is 38.6. The number of rotatable bonds is 8. The summed E-state index contributed by atoms with van der Waals surface area (Å²) >= 11 is 0. The molecule has 14 unspecified atom stereocenters. The number of hydrogen-bond donors (Lipinski definition) is 1. The normalized spacial score (nSPS) is 39.8. The average molecular weight is 849 g/mol. The van der Waals surface area contributed by atoms with Gasteiger partial charge in [-0.1, -0.05) is 39.8 Å². The summed E-state index contributed by atoms with van der Waals surface area (Å²) in [6.07, 6.45) is 4.95. The molecule has 342 valence electrons. The fourth-order valence-corrected chi connectivity index (χ4v) is 10.1. The fourth-order valence-electron chi connectivity index (χ4n) is 10.1. The van der Waals surface area contributed by atoms with Crippen LogP contribution in [0.1, 0.15) is 126 Å². The van der Waals surface area contributed by atoms with Crippen LogP contribution >= 0.6 is 0 Å². The number of likely N-dealkylation sites (N-methyl/N-ethyl adjacent to an activating group) is 1. The van der Waals surface area contributed by atoms with Crippen LogP contribution in [0, 0.1) is 29.6 Å². The number of amides is 1. The zero-order valence-corrected chi connectivity index (χ0v) is 38.6. The summed E-state index contributed by atoms with van der Waals surface area (Å²) in [4.78, 5) is 60.3. The van der Waals surface area contributed by atoms with Gasteiger partial charge in [0.2, 0.25) is 5.79 Å². The first-order valence-electron chi connectivity index (χ1n) is 22.6. The Morgan fingerprint density at radius 1 is 0.983 bits per heavy atom. The minimum atomic E-state index is -2.56. The molecule has 0 radical (unpaired) electrons. The predicted octanol–water partition coefficient (Wildman–Crippen LogP) is 6.80. The van der Waals surface area contributed by atoms with Gasteiger partial charge in [-0.15, -0.1) is 0 Å². The average Bonchev–Trinajstić information content (AvgIpc) is 3.21. The van der Waals surface area contributed by atoms with E-state index in [0.717, 1.165) is 24.8 Å². The van der Waals surface area contributed by atoms with Crippen molar-refractivity contribution in [2.24, 2.45) is 29.6 Å². The fraction of sp³-hybridized carbons (Fsp3) is 0.830. The van der Waals surface area contributed by atoms with Crippen molar-refractivity contribution in [2.75, 3.05) is 34.9 Å². The number of carbonyl (C=O) groups excluding carboxylic acids is 4. The van der Waals surface area contributed by atoms with Gasteiger partial charge in [0, 0.05) is 45.1 Å². The molecule has 1 aliphatic carbocycles. The van der Waals surface area contributed by atoms with Crippen molar-refractivity contribution in [3.63, 3.8) is 0 Å². The number of esters is 1.